The van der Waals surface area contributed by atoms with Crippen molar-refractivity contribution in [1.82, 2.24) is 39.5 Å². The molecule has 0 radical (unpaired) electrons. The van der Waals surface area contributed by atoms with Gasteiger partial charge in [-0.05, 0) is 37.8 Å². The molecule has 0 bridgehead atoms. The fourth-order valence-electron chi connectivity index (χ4n) is 7.25. The van der Waals surface area contributed by atoms with Crippen LogP contribution in [0.2, 0.25) is 10.0 Å². The van der Waals surface area contributed by atoms with Crippen LogP contribution in [0.3, 0.4) is 0 Å². The predicted molar refractivity (Wildman–Crippen MR) is 206 cm³/mol. The van der Waals surface area contributed by atoms with Crippen LogP contribution >= 0.6 is 23.2 Å². The average molecular weight is 756 g/mol. The van der Waals surface area contributed by atoms with E-state index in [9.17, 15) is 19.2 Å². The van der Waals surface area contributed by atoms with E-state index in [1.807, 2.05) is 69.7 Å². The largest absolute Gasteiger partial charge is 0.375 e. The summed E-state index contributed by atoms with van der Waals surface area (Å²) in [5.41, 5.74) is 5.98. The van der Waals surface area contributed by atoms with Crippen molar-refractivity contribution in [3.8, 4) is 33.6 Å². The van der Waals surface area contributed by atoms with Crippen LogP contribution in [0.15, 0.2) is 65.2 Å². The van der Waals surface area contributed by atoms with Crippen molar-refractivity contribution in [1.29, 1.82) is 0 Å². The monoisotopic (exact) mass is 754 g/mol. The molecule has 12 nitrogen and oxygen atoms in total. The summed E-state index contributed by atoms with van der Waals surface area (Å²) in [4.78, 5) is 51.5. The highest BCUT2D eigenvalue weighted by atomic mass is 35.5. The van der Waals surface area contributed by atoms with Crippen molar-refractivity contribution < 1.29 is 14.4 Å². The number of nitrogens with zero attached hydrogens (tertiary/aromatic N) is 6. The summed E-state index contributed by atoms with van der Waals surface area (Å²) < 4.78 is 4.89. The van der Waals surface area contributed by atoms with Crippen LogP contribution in [0, 0.1) is 0 Å². The number of hydrogen-bond donors (Lipinski definition) is 2. The number of aldehydes is 1. The highest BCUT2D eigenvalue weighted by molar-refractivity contribution is 6.39. The van der Waals surface area contributed by atoms with Gasteiger partial charge in [-0.25, -0.2) is 9.20 Å². The molecule has 2 unspecified atom stereocenters. The zero-order valence-corrected chi connectivity index (χ0v) is 31.2. The summed E-state index contributed by atoms with van der Waals surface area (Å²) in [6.07, 6.45) is 8.23. The molecular formula is C39H40Cl2N8O4. The van der Waals surface area contributed by atoms with E-state index >= 15 is 0 Å². The van der Waals surface area contributed by atoms with Gasteiger partial charge in [0.2, 0.25) is 11.8 Å². The fraction of sp³-hybridized carbons (Fsp3) is 0.333. The second kappa shape index (κ2) is 15.0. The first-order valence-corrected chi connectivity index (χ1v) is 18.6. The van der Waals surface area contributed by atoms with Gasteiger partial charge in [0.15, 0.2) is 6.29 Å². The quantitative estimate of drug-likeness (QED) is 0.148. The third kappa shape index (κ3) is 7.13. The number of nitrogens with one attached hydrogen (secondary N) is 2. The molecule has 2 aromatic carbocycles. The summed E-state index contributed by atoms with van der Waals surface area (Å²) in [7, 11) is 1.96. The lowest BCUT2D eigenvalue weighted by atomic mass is 9.98. The molecule has 2 saturated heterocycles. The molecule has 0 aliphatic carbocycles. The molecule has 2 aliphatic rings. The Bertz CT molecular complexity index is 2340. The second-order valence-electron chi connectivity index (χ2n) is 13.6. The number of rotatable bonds is 12. The van der Waals surface area contributed by atoms with Crippen molar-refractivity contribution >= 4 is 53.0 Å². The molecule has 5 heterocycles. The fourth-order valence-corrected chi connectivity index (χ4v) is 7.90. The Morgan fingerprint density at radius 2 is 1.49 bits per heavy atom. The first kappa shape index (κ1) is 36.2. The Balaban J connectivity index is 1.21. The standard InChI is InChI=1S/C39H40Cl2N8O4/c1-4-25(46(3)18-23-12-14-35(51)42-23)20-48-27(22-50)16-32(44-48)30-10-6-8-28(37(30)40)29-9-7-11-31(38(29)41)33-17-34-39(53)47(19-24-13-15-36(52)43-24)26(5-2)21-49(34)45-33/h6-11,16-17,20-24H,4-5,12-15,18-19H2,1-3H3,(H,42,51)(H,43,52)/b25-20-. The summed E-state index contributed by atoms with van der Waals surface area (Å²) >= 11 is 14.2. The van der Waals surface area contributed by atoms with Gasteiger partial charge in [0.1, 0.15) is 11.2 Å². The van der Waals surface area contributed by atoms with Gasteiger partial charge in [0, 0.05) is 91.1 Å². The maximum Gasteiger partial charge on any atom is 0.276 e. The van der Waals surface area contributed by atoms with Crippen LogP contribution in [-0.4, -0.2) is 72.6 Å². The lowest BCUT2D eigenvalue weighted by Crippen LogP contribution is -2.36. The van der Waals surface area contributed by atoms with Crippen LogP contribution in [-0.2, 0) is 22.6 Å². The minimum Gasteiger partial charge on any atom is -0.375 e. The van der Waals surface area contributed by atoms with E-state index in [1.54, 1.807) is 25.9 Å². The van der Waals surface area contributed by atoms with Gasteiger partial charge >= 0.3 is 0 Å². The number of amides is 2. The molecule has 2 amide bonds. The van der Waals surface area contributed by atoms with Gasteiger partial charge in [0.05, 0.1) is 21.4 Å². The summed E-state index contributed by atoms with van der Waals surface area (Å²) in [5.74, 6) is 0.0713. The average Bonchev–Trinajstić information content (AvgIpc) is 3.96. The Labute approximate surface area is 316 Å². The third-order valence-corrected chi connectivity index (χ3v) is 10.9. The van der Waals surface area contributed by atoms with Crippen LogP contribution in [0.5, 0.6) is 0 Å². The first-order valence-electron chi connectivity index (χ1n) is 17.8. The number of allylic oxidation sites excluding steroid dienone is 1. The van der Waals surface area contributed by atoms with E-state index in [2.05, 4.69) is 15.5 Å². The maximum atomic E-state index is 13.7. The number of carbonyl (C=O) groups excluding carboxylic acids is 3. The van der Waals surface area contributed by atoms with Crippen LogP contribution in [0.1, 0.15) is 62.1 Å². The van der Waals surface area contributed by atoms with Crippen molar-refractivity contribution in [2.45, 2.75) is 71.0 Å². The predicted octanol–water partition coefficient (Wildman–Crippen LogP) is 6.07. The molecule has 5 aromatic rings. The van der Waals surface area contributed by atoms with Crippen LogP contribution in [0.4, 0.5) is 0 Å². The third-order valence-electron chi connectivity index (χ3n) is 10.1. The van der Waals surface area contributed by atoms with Gasteiger partial charge in [-0.2, -0.15) is 10.2 Å². The topological polar surface area (TPSA) is 136 Å². The smallest absolute Gasteiger partial charge is 0.276 e. The lowest BCUT2D eigenvalue weighted by Gasteiger charge is -2.25. The maximum absolute atomic E-state index is 13.7. The molecular weight excluding hydrogens is 715 g/mol. The Hall–Kier alpha value is -5.20. The molecule has 2 fully saturated rings. The van der Waals surface area contributed by atoms with Gasteiger partial charge < -0.3 is 20.1 Å². The number of benzene rings is 2. The molecule has 2 aliphatic heterocycles. The van der Waals surface area contributed by atoms with Crippen LogP contribution < -0.4 is 16.2 Å². The van der Waals surface area contributed by atoms with E-state index in [-0.39, 0.29) is 29.5 Å². The van der Waals surface area contributed by atoms with Gasteiger partial charge in [0.25, 0.3) is 5.56 Å². The Kier molecular flexibility index (Phi) is 10.3. The van der Waals surface area contributed by atoms with Crippen molar-refractivity contribution in [2.24, 2.45) is 0 Å². The minimum atomic E-state index is -0.184. The molecule has 0 spiro atoms. The van der Waals surface area contributed by atoms with Crippen LogP contribution in [0.25, 0.3) is 45.4 Å². The molecule has 7 rings (SSSR count). The summed E-state index contributed by atoms with van der Waals surface area (Å²) in [6.45, 7) is 5.06. The number of likely N-dealkylation sites (N-methyl/N-ethyl adjacent to an activating group) is 1. The summed E-state index contributed by atoms with van der Waals surface area (Å²) in [6, 6.07) is 14.6. The first-order chi connectivity index (χ1) is 25.6. The highest BCUT2D eigenvalue weighted by Crippen LogP contribution is 2.42. The molecule has 14 heteroatoms. The van der Waals surface area contributed by atoms with Gasteiger partial charge in [-0.1, -0.05) is 73.4 Å². The minimum absolute atomic E-state index is 0.00407. The van der Waals surface area contributed by atoms with Crippen molar-refractivity contribution in [3.05, 3.63) is 92.2 Å². The van der Waals surface area contributed by atoms with E-state index in [0.717, 1.165) is 24.1 Å². The number of aromatic nitrogens is 5. The Morgan fingerprint density at radius 1 is 0.887 bits per heavy atom. The zero-order chi connectivity index (χ0) is 37.4. The van der Waals surface area contributed by atoms with E-state index in [0.29, 0.717) is 100 Å². The molecule has 0 saturated carbocycles. The van der Waals surface area contributed by atoms with Gasteiger partial charge in [-0.3, -0.25) is 19.2 Å². The molecule has 3 aromatic heterocycles. The molecule has 53 heavy (non-hydrogen) atoms. The molecule has 2 atom stereocenters. The normalized spacial score (nSPS) is 17.4. The van der Waals surface area contributed by atoms with E-state index < -0.39 is 0 Å². The van der Waals surface area contributed by atoms with Crippen molar-refractivity contribution in [2.75, 3.05) is 13.6 Å². The summed E-state index contributed by atoms with van der Waals surface area (Å²) in [5, 5.41) is 16.3. The number of halogens is 2. The number of aryl methyl sites for hydroxylation is 1. The van der Waals surface area contributed by atoms with E-state index in [4.69, 9.17) is 33.4 Å². The SMILES string of the molecule is CC/C(=C/n1nc(-c2cccc(-c3cccc(-c4cc5c(=O)n(CC6CCC(=O)N6)c(CC)cn5n4)c3Cl)c2Cl)cc1C=O)N(C)CC1CCC(=O)N1. The molecule has 2 N–H and O–H groups in total. The number of carbonyl (C=O) groups is 3. The Morgan fingerprint density at radius 3 is 2.06 bits per heavy atom. The number of fused-ring (bicyclic) bond motifs is 1. The van der Waals surface area contributed by atoms with Gasteiger partial charge in [-0.15, -0.1) is 0 Å². The lowest BCUT2D eigenvalue weighted by molar-refractivity contribution is -0.120. The highest BCUT2D eigenvalue weighted by Gasteiger charge is 2.25. The van der Waals surface area contributed by atoms with Crippen molar-refractivity contribution in [3.63, 3.8) is 0 Å². The molecule has 274 valence electrons. The van der Waals surface area contributed by atoms with E-state index in [1.165, 1.54) is 0 Å². The zero-order valence-electron chi connectivity index (χ0n) is 29.7. The second-order valence-corrected chi connectivity index (χ2v) is 14.3. The number of hydrogen-bond acceptors (Lipinski definition) is 7.